The van der Waals surface area contributed by atoms with Crippen molar-refractivity contribution in [1.82, 2.24) is 10.3 Å². The first-order valence-corrected chi connectivity index (χ1v) is 5.18. The second-order valence-electron chi connectivity index (χ2n) is 3.63. The van der Waals surface area contributed by atoms with Crippen LogP contribution < -0.4 is 5.32 Å². The van der Waals surface area contributed by atoms with Crippen molar-refractivity contribution < 1.29 is 14.7 Å². The van der Waals surface area contributed by atoms with Crippen molar-refractivity contribution in [3.63, 3.8) is 0 Å². The van der Waals surface area contributed by atoms with Gasteiger partial charge in [0, 0.05) is 14.1 Å². The molecule has 1 rings (SSSR count). The van der Waals surface area contributed by atoms with Crippen molar-refractivity contribution in [2.75, 3.05) is 20.6 Å². The third-order valence-corrected chi connectivity index (χ3v) is 1.88. The highest BCUT2D eigenvalue weighted by molar-refractivity contribution is 5.99. The van der Waals surface area contributed by atoms with Gasteiger partial charge in [0.25, 0.3) is 5.91 Å². The maximum atomic E-state index is 11.7. The number of aliphatic carboxylic acids is 1. The van der Waals surface area contributed by atoms with Crippen LogP contribution in [-0.2, 0) is 4.79 Å². The van der Waals surface area contributed by atoms with Crippen molar-refractivity contribution >= 4 is 17.6 Å². The van der Waals surface area contributed by atoms with Gasteiger partial charge >= 0.3 is 5.97 Å². The zero-order valence-electron chi connectivity index (χ0n) is 10.1. The summed E-state index contributed by atoms with van der Waals surface area (Å²) in [5.74, 6) is -1.60. The van der Waals surface area contributed by atoms with E-state index in [0.29, 0.717) is 5.69 Å². The van der Waals surface area contributed by atoms with Crippen LogP contribution in [0.5, 0.6) is 0 Å². The van der Waals surface area contributed by atoms with Gasteiger partial charge in [0.05, 0.1) is 5.56 Å². The average molecular weight is 250 g/mol. The summed E-state index contributed by atoms with van der Waals surface area (Å²) in [5, 5.41) is 19.9. The average Bonchev–Trinajstić information content (AvgIpc) is 2.33. The summed E-state index contributed by atoms with van der Waals surface area (Å²) in [5.41, 5.74) is 0.665. The third-order valence-electron chi connectivity index (χ3n) is 1.88. The van der Waals surface area contributed by atoms with Gasteiger partial charge in [-0.15, -0.1) is 5.11 Å². The molecular weight excluding hydrogens is 236 g/mol. The maximum Gasteiger partial charge on any atom is 0.322 e. The minimum atomic E-state index is -1.10. The lowest BCUT2D eigenvalue weighted by atomic mass is 10.1. The number of carbonyl (C=O) groups excluding carboxylic acids is 1. The molecule has 0 aromatic heterocycles. The van der Waals surface area contributed by atoms with Gasteiger partial charge in [0.1, 0.15) is 12.2 Å². The second kappa shape index (κ2) is 6.33. The molecule has 0 fully saturated rings. The summed E-state index contributed by atoms with van der Waals surface area (Å²) >= 11 is 0. The molecule has 0 saturated carbocycles. The number of nitrogens with zero attached hydrogens (tertiary/aromatic N) is 3. The zero-order valence-corrected chi connectivity index (χ0v) is 10.1. The number of nitrogens with one attached hydrogen (secondary N) is 1. The molecular formula is C11H14N4O3. The molecule has 0 aliphatic carbocycles. The van der Waals surface area contributed by atoms with Crippen LogP contribution in [0, 0.1) is 0 Å². The van der Waals surface area contributed by atoms with Crippen LogP contribution in [0.25, 0.3) is 0 Å². The van der Waals surface area contributed by atoms with Crippen molar-refractivity contribution in [3.8, 4) is 0 Å². The topological polar surface area (TPSA) is 94.4 Å². The van der Waals surface area contributed by atoms with Gasteiger partial charge in [-0.25, -0.2) is 0 Å². The fourth-order valence-electron chi connectivity index (χ4n) is 1.14. The highest BCUT2D eigenvalue weighted by Gasteiger charge is 2.11. The standard InChI is InChI=1S/C11H14N4O3/c1-15(2)14-13-9-6-4-3-5-8(9)11(18)12-7-10(16)17/h3-6H,7H2,1-2H3,(H,12,18)(H,16,17). The van der Waals surface area contributed by atoms with Gasteiger partial charge in [-0.3, -0.25) is 14.6 Å². The first-order chi connectivity index (χ1) is 8.50. The van der Waals surface area contributed by atoms with Crippen LogP contribution in [-0.4, -0.2) is 42.6 Å². The van der Waals surface area contributed by atoms with Crippen LogP contribution in [0.1, 0.15) is 10.4 Å². The Morgan fingerprint density at radius 1 is 1.33 bits per heavy atom. The normalized spacial score (nSPS) is 10.3. The number of rotatable bonds is 5. The van der Waals surface area contributed by atoms with Crippen molar-refractivity contribution in [2.24, 2.45) is 10.3 Å². The molecule has 7 nitrogen and oxygen atoms in total. The Kier molecular flexibility index (Phi) is 4.79. The first kappa shape index (κ1) is 13.6. The Morgan fingerprint density at radius 3 is 2.61 bits per heavy atom. The minimum Gasteiger partial charge on any atom is -0.480 e. The summed E-state index contributed by atoms with van der Waals surface area (Å²) in [7, 11) is 3.41. The Balaban J connectivity index is 2.87. The van der Waals surface area contributed by atoms with E-state index in [1.165, 1.54) is 5.01 Å². The fourth-order valence-corrected chi connectivity index (χ4v) is 1.14. The molecule has 1 aromatic carbocycles. The van der Waals surface area contributed by atoms with Crippen LogP contribution >= 0.6 is 0 Å². The van der Waals surface area contributed by atoms with E-state index in [-0.39, 0.29) is 5.56 Å². The van der Waals surface area contributed by atoms with Crippen molar-refractivity contribution in [3.05, 3.63) is 29.8 Å². The molecule has 96 valence electrons. The Labute approximate surface area is 104 Å². The maximum absolute atomic E-state index is 11.7. The molecule has 0 saturated heterocycles. The highest BCUT2D eigenvalue weighted by Crippen LogP contribution is 2.18. The van der Waals surface area contributed by atoms with Gasteiger partial charge in [0.2, 0.25) is 0 Å². The van der Waals surface area contributed by atoms with Crippen LogP contribution in [0.2, 0.25) is 0 Å². The molecule has 0 spiro atoms. The number of carboxylic acids is 1. The lowest BCUT2D eigenvalue weighted by Gasteiger charge is -2.06. The second-order valence-corrected chi connectivity index (χ2v) is 3.63. The highest BCUT2D eigenvalue weighted by atomic mass is 16.4. The number of hydrogen-bond donors (Lipinski definition) is 2. The molecule has 1 amide bonds. The van der Waals surface area contributed by atoms with Gasteiger partial charge in [-0.1, -0.05) is 17.4 Å². The van der Waals surface area contributed by atoms with E-state index in [1.807, 2.05) is 0 Å². The number of amides is 1. The molecule has 0 bridgehead atoms. The summed E-state index contributed by atoms with van der Waals surface area (Å²) in [6.45, 7) is -0.433. The Bertz CT molecular complexity index is 471. The van der Waals surface area contributed by atoms with E-state index in [9.17, 15) is 9.59 Å². The predicted molar refractivity (Wildman–Crippen MR) is 64.6 cm³/mol. The van der Waals surface area contributed by atoms with Crippen LogP contribution in [0.15, 0.2) is 34.6 Å². The van der Waals surface area contributed by atoms with E-state index in [0.717, 1.165) is 0 Å². The van der Waals surface area contributed by atoms with Gasteiger partial charge in [-0.05, 0) is 12.1 Å². The molecule has 0 radical (unpaired) electrons. The third kappa shape index (κ3) is 4.20. The fraction of sp³-hybridized carbons (Fsp3) is 0.273. The molecule has 18 heavy (non-hydrogen) atoms. The quantitative estimate of drug-likeness (QED) is 0.603. The molecule has 0 aliphatic rings. The Morgan fingerprint density at radius 2 is 2.00 bits per heavy atom. The van der Waals surface area contributed by atoms with Crippen molar-refractivity contribution in [1.29, 1.82) is 0 Å². The van der Waals surface area contributed by atoms with Crippen LogP contribution in [0.3, 0.4) is 0 Å². The van der Waals surface area contributed by atoms with E-state index in [4.69, 9.17) is 5.11 Å². The van der Waals surface area contributed by atoms with Crippen molar-refractivity contribution in [2.45, 2.75) is 0 Å². The number of carbonyl (C=O) groups is 2. The first-order valence-electron chi connectivity index (χ1n) is 5.18. The molecule has 7 heteroatoms. The molecule has 0 unspecified atom stereocenters. The minimum absolute atomic E-state index is 0.282. The Hall–Kier alpha value is -2.44. The lowest BCUT2D eigenvalue weighted by molar-refractivity contribution is -0.135. The number of carboxylic acid groups (broad SMARTS) is 1. The molecule has 2 N–H and O–H groups in total. The predicted octanol–water partition coefficient (Wildman–Crippen LogP) is 1.06. The lowest BCUT2D eigenvalue weighted by Crippen LogP contribution is -2.29. The van der Waals surface area contributed by atoms with E-state index < -0.39 is 18.4 Å². The molecule has 0 aliphatic heterocycles. The number of benzene rings is 1. The van der Waals surface area contributed by atoms with Crippen LogP contribution in [0.4, 0.5) is 5.69 Å². The monoisotopic (exact) mass is 250 g/mol. The molecule has 0 heterocycles. The molecule has 1 aromatic rings. The summed E-state index contributed by atoms with van der Waals surface area (Å²) < 4.78 is 0. The zero-order chi connectivity index (χ0) is 13.5. The van der Waals surface area contributed by atoms with Gasteiger partial charge in [0.15, 0.2) is 0 Å². The summed E-state index contributed by atoms with van der Waals surface area (Å²) in [6.07, 6.45) is 0. The number of hydrogen-bond acceptors (Lipinski definition) is 4. The largest absolute Gasteiger partial charge is 0.480 e. The van der Waals surface area contributed by atoms with E-state index in [2.05, 4.69) is 15.7 Å². The van der Waals surface area contributed by atoms with E-state index in [1.54, 1.807) is 38.4 Å². The van der Waals surface area contributed by atoms with Gasteiger partial charge in [-0.2, -0.15) is 0 Å². The SMILES string of the molecule is CN(C)N=Nc1ccccc1C(=O)NCC(=O)O. The van der Waals surface area contributed by atoms with Gasteiger partial charge < -0.3 is 10.4 Å². The smallest absolute Gasteiger partial charge is 0.322 e. The van der Waals surface area contributed by atoms with E-state index >= 15 is 0 Å². The summed E-state index contributed by atoms with van der Waals surface area (Å²) in [4.78, 5) is 22.1. The molecule has 0 atom stereocenters. The summed E-state index contributed by atoms with van der Waals surface area (Å²) in [6, 6.07) is 6.58.